The summed E-state index contributed by atoms with van der Waals surface area (Å²) in [4.78, 5) is 21.6. The third-order valence-electron chi connectivity index (χ3n) is 2.33. The number of aromatic carboxylic acids is 1. The summed E-state index contributed by atoms with van der Waals surface area (Å²) in [6.07, 6.45) is -0.700. The zero-order chi connectivity index (χ0) is 13.7. The van der Waals surface area contributed by atoms with Crippen LogP contribution in [0.15, 0.2) is 18.2 Å². The minimum Gasteiger partial charge on any atom is -0.493 e. The van der Waals surface area contributed by atoms with Crippen molar-refractivity contribution >= 4 is 11.9 Å². The Morgan fingerprint density at radius 3 is 2.39 bits per heavy atom. The van der Waals surface area contributed by atoms with Crippen molar-refractivity contribution in [2.45, 2.75) is 19.4 Å². The first kappa shape index (κ1) is 13.8. The lowest BCUT2D eigenvalue weighted by Crippen LogP contribution is -2.26. The van der Waals surface area contributed by atoms with Gasteiger partial charge in [-0.05, 0) is 24.6 Å². The lowest BCUT2D eigenvalue weighted by atomic mass is 10.2. The van der Waals surface area contributed by atoms with E-state index in [1.165, 1.54) is 25.3 Å². The van der Waals surface area contributed by atoms with Crippen molar-refractivity contribution in [1.82, 2.24) is 0 Å². The van der Waals surface area contributed by atoms with Crippen LogP contribution in [0.3, 0.4) is 0 Å². The second kappa shape index (κ2) is 5.90. The van der Waals surface area contributed by atoms with Crippen LogP contribution in [0.5, 0.6) is 11.5 Å². The van der Waals surface area contributed by atoms with Crippen molar-refractivity contribution < 1.29 is 29.3 Å². The number of rotatable bonds is 6. The van der Waals surface area contributed by atoms with Crippen LogP contribution in [0.4, 0.5) is 0 Å². The van der Waals surface area contributed by atoms with Crippen LogP contribution in [0.2, 0.25) is 0 Å². The highest BCUT2D eigenvalue weighted by molar-refractivity contribution is 5.88. The molecule has 1 rings (SSSR count). The molecule has 2 N–H and O–H groups in total. The zero-order valence-corrected chi connectivity index (χ0v) is 10.0. The fraction of sp³-hybridized carbons (Fsp3) is 0.333. The highest BCUT2D eigenvalue weighted by atomic mass is 16.5. The van der Waals surface area contributed by atoms with E-state index in [9.17, 15) is 9.59 Å². The summed E-state index contributed by atoms with van der Waals surface area (Å²) in [6, 6.07) is 3.99. The summed E-state index contributed by atoms with van der Waals surface area (Å²) in [5.41, 5.74) is 0.0440. The van der Waals surface area contributed by atoms with Crippen molar-refractivity contribution in [2.75, 3.05) is 7.11 Å². The average molecular weight is 254 g/mol. The van der Waals surface area contributed by atoms with E-state index in [-0.39, 0.29) is 17.1 Å². The van der Waals surface area contributed by atoms with Gasteiger partial charge in [-0.25, -0.2) is 9.59 Å². The molecule has 18 heavy (non-hydrogen) atoms. The second-order valence-electron chi connectivity index (χ2n) is 3.52. The Labute approximate surface area is 104 Å². The van der Waals surface area contributed by atoms with E-state index in [2.05, 4.69) is 0 Å². The van der Waals surface area contributed by atoms with Crippen molar-refractivity contribution in [3.05, 3.63) is 23.8 Å². The van der Waals surface area contributed by atoms with E-state index in [0.29, 0.717) is 6.42 Å². The minimum atomic E-state index is -1.09. The summed E-state index contributed by atoms with van der Waals surface area (Å²) in [6.45, 7) is 1.68. The molecule has 0 saturated carbocycles. The molecule has 0 saturated heterocycles. The molecule has 0 bridgehead atoms. The lowest BCUT2D eigenvalue weighted by Gasteiger charge is -2.15. The molecule has 0 radical (unpaired) electrons. The largest absolute Gasteiger partial charge is 0.493 e. The molecule has 0 aromatic heterocycles. The number of aliphatic carboxylic acids is 1. The molecular formula is C12H14O6. The topological polar surface area (TPSA) is 93.1 Å². The van der Waals surface area contributed by atoms with Crippen molar-refractivity contribution in [1.29, 1.82) is 0 Å². The predicted molar refractivity (Wildman–Crippen MR) is 62.3 cm³/mol. The Kier molecular flexibility index (Phi) is 4.53. The Morgan fingerprint density at radius 2 is 1.94 bits per heavy atom. The molecule has 98 valence electrons. The van der Waals surface area contributed by atoms with E-state index < -0.39 is 18.0 Å². The van der Waals surface area contributed by atoms with Gasteiger partial charge in [-0.1, -0.05) is 6.92 Å². The quantitative estimate of drug-likeness (QED) is 0.801. The van der Waals surface area contributed by atoms with E-state index in [1.54, 1.807) is 6.92 Å². The zero-order valence-electron chi connectivity index (χ0n) is 10.0. The molecule has 0 spiro atoms. The SMILES string of the molecule is CCC(Oc1ccc(C(=O)O)cc1OC)C(=O)O. The number of benzene rings is 1. The van der Waals surface area contributed by atoms with Crippen LogP contribution < -0.4 is 9.47 Å². The monoisotopic (exact) mass is 254 g/mol. The minimum absolute atomic E-state index is 0.0440. The first-order valence-corrected chi connectivity index (χ1v) is 5.30. The smallest absolute Gasteiger partial charge is 0.344 e. The maximum atomic E-state index is 10.8. The van der Waals surface area contributed by atoms with Gasteiger partial charge >= 0.3 is 11.9 Å². The third-order valence-corrected chi connectivity index (χ3v) is 2.33. The van der Waals surface area contributed by atoms with Gasteiger partial charge in [-0.2, -0.15) is 0 Å². The number of carbonyl (C=O) groups is 2. The Morgan fingerprint density at radius 1 is 1.28 bits per heavy atom. The van der Waals surface area contributed by atoms with Crippen molar-refractivity contribution in [2.24, 2.45) is 0 Å². The molecule has 0 amide bonds. The van der Waals surface area contributed by atoms with Crippen LogP contribution in [0, 0.1) is 0 Å². The van der Waals surface area contributed by atoms with E-state index in [4.69, 9.17) is 19.7 Å². The number of ether oxygens (including phenoxy) is 2. The molecule has 0 aliphatic heterocycles. The van der Waals surface area contributed by atoms with Crippen molar-refractivity contribution in [3.8, 4) is 11.5 Å². The molecule has 1 unspecified atom stereocenters. The van der Waals surface area contributed by atoms with Gasteiger partial charge in [0, 0.05) is 0 Å². The van der Waals surface area contributed by atoms with Gasteiger partial charge in [0.15, 0.2) is 17.6 Å². The van der Waals surface area contributed by atoms with E-state index in [1.807, 2.05) is 0 Å². The number of carboxylic acids is 2. The summed E-state index contributed by atoms with van der Waals surface area (Å²) in [7, 11) is 1.36. The van der Waals surface area contributed by atoms with Crippen LogP contribution in [-0.4, -0.2) is 35.4 Å². The van der Waals surface area contributed by atoms with Gasteiger partial charge in [-0.3, -0.25) is 0 Å². The second-order valence-corrected chi connectivity index (χ2v) is 3.52. The number of carboxylic acid groups (broad SMARTS) is 2. The fourth-order valence-electron chi connectivity index (χ4n) is 1.36. The molecule has 6 nitrogen and oxygen atoms in total. The molecule has 0 heterocycles. The standard InChI is InChI=1S/C12H14O6/c1-3-8(12(15)16)18-9-5-4-7(11(13)14)6-10(9)17-2/h4-6,8H,3H2,1-2H3,(H,13,14)(H,15,16). The normalized spacial score (nSPS) is 11.7. The molecule has 1 atom stereocenters. The van der Waals surface area contributed by atoms with E-state index in [0.717, 1.165) is 0 Å². The lowest BCUT2D eigenvalue weighted by molar-refractivity contribution is -0.145. The Bertz CT molecular complexity index is 454. The molecular weight excluding hydrogens is 240 g/mol. The Balaban J connectivity index is 3.02. The predicted octanol–water partition coefficient (Wildman–Crippen LogP) is 1.64. The highest BCUT2D eigenvalue weighted by Gasteiger charge is 2.19. The highest BCUT2D eigenvalue weighted by Crippen LogP contribution is 2.29. The first-order valence-electron chi connectivity index (χ1n) is 5.30. The number of methoxy groups -OCH3 is 1. The summed E-state index contributed by atoms with van der Waals surface area (Å²) < 4.78 is 10.2. The maximum absolute atomic E-state index is 10.8. The van der Waals surface area contributed by atoms with Crippen LogP contribution in [0.1, 0.15) is 23.7 Å². The van der Waals surface area contributed by atoms with Crippen LogP contribution in [0.25, 0.3) is 0 Å². The van der Waals surface area contributed by atoms with Gasteiger partial charge in [0.1, 0.15) is 0 Å². The molecule has 0 aliphatic carbocycles. The average Bonchev–Trinajstić information content (AvgIpc) is 2.35. The van der Waals surface area contributed by atoms with Gasteiger partial charge in [0.05, 0.1) is 12.7 Å². The first-order chi connectivity index (χ1) is 8.49. The molecule has 0 fully saturated rings. The fourth-order valence-corrected chi connectivity index (χ4v) is 1.36. The van der Waals surface area contributed by atoms with Gasteiger partial charge in [0.25, 0.3) is 0 Å². The maximum Gasteiger partial charge on any atom is 0.344 e. The van der Waals surface area contributed by atoms with Crippen LogP contribution >= 0.6 is 0 Å². The van der Waals surface area contributed by atoms with Gasteiger partial charge in [-0.15, -0.1) is 0 Å². The van der Waals surface area contributed by atoms with Crippen molar-refractivity contribution in [3.63, 3.8) is 0 Å². The molecule has 6 heteroatoms. The molecule has 1 aromatic carbocycles. The number of hydrogen-bond donors (Lipinski definition) is 2. The Hall–Kier alpha value is -2.24. The summed E-state index contributed by atoms with van der Waals surface area (Å²) in [5, 5.41) is 17.7. The van der Waals surface area contributed by atoms with E-state index >= 15 is 0 Å². The summed E-state index contributed by atoms with van der Waals surface area (Å²) in [5.74, 6) is -1.78. The number of hydrogen-bond acceptors (Lipinski definition) is 4. The molecule has 0 aliphatic rings. The molecule has 1 aromatic rings. The third kappa shape index (κ3) is 3.13. The van der Waals surface area contributed by atoms with Crippen LogP contribution in [-0.2, 0) is 4.79 Å². The summed E-state index contributed by atoms with van der Waals surface area (Å²) >= 11 is 0. The van der Waals surface area contributed by atoms with Gasteiger partial charge in [0.2, 0.25) is 0 Å². The van der Waals surface area contributed by atoms with Gasteiger partial charge < -0.3 is 19.7 Å².